The van der Waals surface area contributed by atoms with E-state index in [1.54, 1.807) is 18.2 Å². The van der Waals surface area contributed by atoms with Crippen LogP contribution in [0.5, 0.6) is 0 Å². The van der Waals surface area contributed by atoms with Gasteiger partial charge >= 0.3 is 5.97 Å². The predicted octanol–water partition coefficient (Wildman–Crippen LogP) is 4.22. The molecule has 35 heavy (non-hydrogen) atoms. The van der Waals surface area contributed by atoms with Crippen LogP contribution in [0.25, 0.3) is 12.7 Å². The fraction of sp³-hybridized carbons (Fsp3) is 0.241. The summed E-state index contributed by atoms with van der Waals surface area (Å²) in [5, 5.41) is 12.9. The minimum absolute atomic E-state index is 0.376. The zero-order chi connectivity index (χ0) is 26.1. The van der Waals surface area contributed by atoms with Crippen LogP contribution >= 0.6 is 0 Å². The van der Waals surface area contributed by atoms with Gasteiger partial charge in [0.2, 0.25) is 0 Å². The van der Waals surface area contributed by atoms with Crippen molar-refractivity contribution in [2.75, 3.05) is 6.61 Å². The molecule has 6 heteroatoms. The monoisotopic (exact) mass is 476 g/mol. The number of carboxylic acid groups (broad SMARTS) is 1. The number of allylic oxidation sites excluding steroid dienone is 2. The van der Waals surface area contributed by atoms with Gasteiger partial charge in [0.25, 0.3) is 5.91 Å². The number of aliphatic carboxylic acids is 1. The molecule has 0 spiro atoms. The molecule has 1 atom stereocenters. The van der Waals surface area contributed by atoms with Crippen molar-refractivity contribution in [1.82, 2.24) is 9.88 Å². The van der Waals surface area contributed by atoms with Gasteiger partial charge in [-0.15, -0.1) is 0 Å². The quantitative estimate of drug-likeness (QED) is 0.477. The summed E-state index contributed by atoms with van der Waals surface area (Å²) in [5.74, 6) is -0.779. The molecule has 1 amide bonds. The summed E-state index contributed by atoms with van der Waals surface area (Å²) in [4.78, 5) is 23.0. The van der Waals surface area contributed by atoms with Crippen molar-refractivity contribution in [2.45, 2.75) is 40.3 Å². The summed E-state index contributed by atoms with van der Waals surface area (Å²) in [5.41, 5.74) is 0.376. The molecule has 0 fully saturated rings. The van der Waals surface area contributed by atoms with Crippen LogP contribution in [0.1, 0.15) is 38.1 Å². The normalized spacial score (nSPS) is 11.8. The van der Waals surface area contributed by atoms with Gasteiger partial charge in [0.15, 0.2) is 0 Å². The molecule has 1 unspecified atom stereocenters. The van der Waals surface area contributed by atoms with E-state index in [1.165, 1.54) is 6.92 Å². The summed E-state index contributed by atoms with van der Waals surface area (Å²) < 4.78 is 7.71. The predicted molar refractivity (Wildman–Crippen MR) is 142 cm³/mol. The third-order valence-electron chi connectivity index (χ3n) is 4.64. The molecule has 0 saturated heterocycles. The number of amides is 1. The van der Waals surface area contributed by atoms with Gasteiger partial charge in [-0.3, -0.25) is 9.59 Å². The van der Waals surface area contributed by atoms with Crippen molar-refractivity contribution in [3.63, 3.8) is 0 Å². The first-order valence-corrected chi connectivity index (χ1v) is 11.6. The second-order valence-electron chi connectivity index (χ2n) is 7.31. The van der Waals surface area contributed by atoms with Crippen molar-refractivity contribution in [3.8, 4) is 0 Å². The number of hydrogen-bond donors (Lipinski definition) is 2. The maximum absolute atomic E-state index is 12.2. The molecule has 1 heterocycles. The van der Waals surface area contributed by atoms with Gasteiger partial charge in [-0.25, -0.2) is 0 Å². The van der Waals surface area contributed by atoms with E-state index in [0.717, 1.165) is 22.7 Å². The minimum atomic E-state index is -1.08. The number of hydrogen-bond acceptors (Lipinski definition) is 3. The average Bonchev–Trinajstić information content (AvgIpc) is 3.39. The second-order valence-corrected chi connectivity index (χ2v) is 7.31. The first kappa shape index (κ1) is 29.0. The lowest BCUT2D eigenvalue weighted by atomic mass is 10.1. The molecule has 6 nitrogen and oxygen atoms in total. The van der Waals surface area contributed by atoms with Gasteiger partial charge in [0.05, 0.1) is 12.3 Å². The fourth-order valence-corrected chi connectivity index (χ4v) is 2.70. The highest BCUT2D eigenvalue weighted by Gasteiger charge is 2.14. The number of carboxylic acids is 1. The van der Waals surface area contributed by atoms with Crippen molar-refractivity contribution < 1.29 is 19.4 Å². The molecule has 1 aromatic heterocycles. The molecule has 0 aliphatic heterocycles. The molecule has 0 radical (unpaired) electrons. The highest BCUT2D eigenvalue weighted by atomic mass is 16.5. The van der Waals surface area contributed by atoms with Gasteiger partial charge < -0.3 is 19.7 Å². The topological polar surface area (TPSA) is 80.6 Å². The summed E-state index contributed by atoms with van der Waals surface area (Å²) >= 11 is 0. The van der Waals surface area contributed by atoms with Crippen LogP contribution in [0.3, 0.4) is 0 Å². The maximum atomic E-state index is 12.2. The average molecular weight is 477 g/mol. The van der Waals surface area contributed by atoms with Gasteiger partial charge in [0, 0.05) is 18.0 Å². The van der Waals surface area contributed by atoms with Gasteiger partial charge in [-0.05, 0) is 54.6 Å². The van der Waals surface area contributed by atoms with Crippen molar-refractivity contribution in [1.29, 1.82) is 0 Å². The van der Waals surface area contributed by atoms with E-state index < -0.39 is 17.9 Å². The standard InChI is InChI=1S/C21H24N2O4.C6H6.C2H6/c1-15-6-8-19(20(24)22-17(3)21(25)26)14-18(15)9-7-16(2)27-13-12-23-10-4-5-11-23;1-2-4-6-5-3-1;1-2/h4-11,14,17H,1,12-13H2,2-3H3,(H,22,24)(H,25,26);1-6H;1-2H3/b16-7+,18-9-;;. The number of carbonyl (C=O) groups excluding carboxylic acids is 1. The molecule has 2 aromatic carbocycles. The number of ether oxygens (including phenoxy) is 1. The Morgan fingerprint density at radius 1 is 1.06 bits per heavy atom. The molecule has 186 valence electrons. The molecule has 0 aliphatic rings. The Balaban J connectivity index is 0.000000654. The van der Waals surface area contributed by atoms with E-state index in [-0.39, 0.29) is 0 Å². The number of nitrogens with one attached hydrogen (secondary N) is 1. The fourth-order valence-electron chi connectivity index (χ4n) is 2.70. The first-order valence-electron chi connectivity index (χ1n) is 11.6. The van der Waals surface area contributed by atoms with Crippen molar-refractivity contribution in [2.24, 2.45) is 0 Å². The number of carbonyl (C=O) groups is 2. The van der Waals surface area contributed by atoms with E-state index in [4.69, 9.17) is 9.84 Å². The minimum Gasteiger partial charge on any atom is -0.496 e. The molecular formula is C29H36N2O4. The Labute approximate surface area is 207 Å². The second kappa shape index (κ2) is 16.5. The molecule has 2 N–H and O–H groups in total. The van der Waals surface area contributed by atoms with Crippen LogP contribution in [0.4, 0.5) is 0 Å². The smallest absolute Gasteiger partial charge is 0.325 e. The first-order chi connectivity index (χ1) is 16.9. The third-order valence-corrected chi connectivity index (χ3v) is 4.64. The van der Waals surface area contributed by atoms with Crippen LogP contribution in [0.2, 0.25) is 0 Å². The Bertz CT molecular complexity index is 1130. The van der Waals surface area contributed by atoms with Gasteiger partial charge in [0.1, 0.15) is 12.6 Å². The highest BCUT2D eigenvalue weighted by Crippen LogP contribution is 1.99. The molecule has 3 rings (SSSR count). The summed E-state index contributed by atoms with van der Waals surface area (Å²) in [7, 11) is 0. The van der Waals surface area contributed by atoms with Crippen LogP contribution in [0.15, 0.2) is 91.0 Å². The van der Waals surface area contributed by atoms with Crippen molar-refractivity contribution in [3.05, 3.63) is 107 Å². The zero-order valence-corrected chi connectivity index (χ0v) is 21.0. The Hall–Kier alpha value is -4.06. The van der Waals surface area contributed by atoms with E-state index in [0.29, 0.717) is 12.2 Å². The van der Waals surface area contributed by atoms with E-state index in [9.17, 15) is 9.59 Å². The summed E-state index contributed by atoms with van der Waals surface area (Å²) in [6, 6.07) is 20.0. The summed E-state index contributed by atoms with van der Waals surface area (Å²) in [6.07, 6.45) is 7.60. The molecular weight excluding hydrogens is 440 g/mol. The van der Waals surface area contributed by atoms with E-state index in [1.807, 2.05) is 98.4 Å². The zero-order valence-electron chi connectivity index (χ0n) is 21.0. The highest BCUT2D eigenvalue weighted by molar-refractivity contribution is 5.96. The maximum Gasteiger partial charge on any atom is 0.325 e. The molecule has 0 aliphatic carbocycles. The third kappa shape index (κ3) is 11.6. The lowest BCUT2D eigenvalue weighted by molar-refractivity contribution is -0.138. The summed E-state index contributed by atoms with van der Waals surface area (Å²) in [6.45, 7) is 12.5. The SMILES string of the molecule is C=c1ccc(C(=O)NC(C)C(=O)O)c/c1=C/C=C(\C)OCCn1cccc1.CC.c1ccccc1. The Morgan fingerprint density at radius 3 is 2.17 bits per heavy atom. The Morgan fingerprint density at radius 2 is 1.63 bits per heavy atom. The Kier molecular flexibility index (Phi) is 13.7. The van der Waals surface area contributed by atoms with Gasteiger partial charge in [-0.1, -0.05) is 69.0 Å². The largest absolute Gasteiger partial charge is 0.496 e. The molecule has 0 saturated carbocycles. The number of nitrogens with zero attached hydrogens (tertiary/aromatic N) is 1. The van der Waals surface area contributed by atoms with Crippen LogP contribution in [0, 0.1) is 0 Å². The van der Waals surface area contributed by atoms with Crippen LogP contribution in [-0.4, -0.2) is 34.2 Å². The lowest BCUT2D eigenvalue weighted by Crippen LogP contribution is -2.39. The number of benzene rings is 2. The molecule has 0 bridgehead atoms. The number of aromatic nitrogens is 1. The van der Waals surface area contributed by atoms with E-state index >= 15 is 0 Å². The lowest BCUT2D eigenvalue weighted by Gasteiger charge is -2.09. The van der Waals surface area contributed by atoms with Crippen LogP contribution in [-0.2, 0) is 16.1 Å². The van der Waals surface area contributed by atoms with Gasteiger partial charge in [-0.2, -0.15) is 0 Å². The van der Waals surface area contributed by atoms with Crippen molar-refractivity contribution >= 4 is 24.5 Å². The van der Waals surface area contributed by atoms with Crippen LogP contribution < -0.4 is 15.8 Å². The molecule has 3 aromatic rings. The van der Waals surface area contributed by atoms with E-state index in [2.05, 4.69) is 11.9 Å². The number of rotatable bonds is 8.